The highest BCUT2D eigenvalue weighted by molar-refractivity contribution is 5.98. The van der Waals surface area contributed by atoms with Crippen molar-refractivity contribution in [1.82, 2.24) is 5.32 Å². The van der Waals surface area contributed by atoms with Crippen LogP contribution in [0, 0.1) is 17.8 Å². The van der Waals surface area contributed by atoms with Crippen LogP contribution in [0.1, 0.15) is 78.7 Å². The molecule has 3 rings (SSSR count). The van der Waals surface area contributed by atoms with Crippen molar-refractivity contribution in [2.45, 2.75) is 121 Å². The highest BCUT2D eigenvalue weighted by Crippen LogP contribution is 2.55. The van der Waals surface area contributed by atoms with Crippen molar-refractivity contribution in [3.05, 3.63) is 48.0 Å². The summed E-state index contributed by atoms with van der Waals surface area (Å²) in [6.45, 7) is 13.4. The zero-order chi connectivity index (χ0) is 38.3. The summed E-state index contributed by atoms with van der Waals surface area (Å²) in [5.41, 5.74) is -6.28. The molecule has 1 aromatic carbocycles. The molecule has 0 aliphatic carbocycles. The molecule has 1 amide bonds. The van der Waals surface area contributed by atoms with E-state index in [1.165, 1.54) is 6.92 Å². The minimum atomic E-state index is -3.90. The molecular formula is C36H51NO14. The van der Waals surface area contributed by atoms with Gasteiger partial charge >= 0.3 is 30.0 Å². The number of rotatable bonds is 19. The number of carboxylic acid groups (broad SMARTS) is 3. The highest BCUT2D eigenvalue weighted by atomic mass is 16.8. The van der Waals surface area contributed by atoms with Gasteiger partial charge in [-0.05, 0) is 55.1 Å². The molecule has 15 nitrogen and oxygen atoms in total. The molecule has 0 radical (unpaired) electrons. The third kappa shape index (κ3) is 8.71. The van der Waals surface area contributed by atoms with Crippen LogP contribution < -0.4 is 5.32 Å². The van der Waals surface area contributed by atoms with Crippen molar-refractivity contribution >= 4 is 30.0 Å². The lowest BCUT2D eigenvalue weighted by molar-refractivity contribution is -0.373. The van der Waals surface area contributed by atoms with Gasteiger partial charge in [-0.15, -0.1) is 0 Å². The van der Waals surface area contributed by atoms with Crippen molar-refractivity contribution < 1.29 is 68.5 Å². The molecule has 0 aromatic heterocycles. The number of aliphatic hydroxyl groups excluding tert-OH is 1. The van der Waals surface area contributed by atoms with Gasteiger partial charge in [0, 0.05) is 25.8 Å². The van der Waals surface area contributed by atoms with Gasteiger partial charge in [-0.1, -0.05) is 71.0 Å². The maximum Gasteiger partial charge on any atom is 0.407 e. The lowest BCUT2D eigenvalue weighted by Crippen LogP contribution is -2.78. The first kappa shape index (κ1) is 41.4. The van der Waals surface area contributed by atoms with Crippen LogP contribution in [0.3, 0.4) is 0 Å². The summed E-state index contributed by atoms with van der Waals surface area (Å²) < 4.78 is 22.1. The second kappa shape index (κ2) is 17.0. The van der Waals surface area contributed by atoms with E-state index in [0.717, 1.165) is 24.8 Å². The summed E-state index contributed by atoms with van der Waals surface area (Å²) in [4.78, 5) is 63.0. The molecule has 10 atom stereocenters. The largest absolute Gasteiger partial charge is 0.479 e. The van der Waals surface area contributed by atoms with E-state index in [9.17, 15) is 49.5 Å². The Bertz CT molecular complexity index is 1440. The number of carbonyl (C=O) groups is 5. The van der Waals surface area contributed by atoms with Gasteiger partial charge < -0.3 is 49.8 Å². The molecule has 284 valence electrons. The molecule has 6 N–H and O–H groups in total. The van der Waals surface area contributed by atoms with Crippen LogP contribution >= 0.6 is 0 Å². The predicted octanol–water partition coefficient (Wildman–Crippen LogP) is 3.29. The first-order valence-electron chi connectivity index (χ1n) is 17.2. The number of hydrogen-bond donors (Lipinski definition) is 6. The van der Waals surface area contributed by atoms with E-state index in [1.807, 2.05) is 30.3 Å². The second-order valence-corrected chi connectivity index (χ2v) is 13.9. The molecule has 2 unspecified atom stereocenters. The lowest BCUT2D eigenvalue weighted by Gasteiger charge is -2.48. The summed E-state index contributed by atoms with van der Waals surface area (Å²) in [6, 6.07) is 9.30. The minimum Gasteiger partial charge on any atom is -0.479 e. The number of carboxylic acids is 3. The maximum atomic E-state index is 13.0. The highest BCUT2D eigenvalue weighted by Gasteiger charge is 2.86. The first-order valence-corrected chi connectivity index (χ1v) is 17.2. The van der Waals surface area contributed by atoms with Crippen molar-refractivity contribution in [2.24, 2.45) is 17.8 Å². The van der Waals surface area contributed by atoms with Crippen molar-refractivity contribution in [3.63, 3.8) is 0 Å². The smallest absolute Gasteiger partial charge is 0.407 e. The molecule has 2 heterocycles. The lowest BCUT2D eigenvalue weighted by atomic mass is 9.74. The van der Waals surface area contributed by atoms with Crippen LogP contribution in [0.4, 0.5) is 4.79 Å². The van der Waals surface area contributed by atoms with Crippen molar-refractivity contribution in [2.75, 3.05) is 6.54 Å². The average molecular weight is 722 g/mol. The molecule has 0 spiro atoms. The maximum absolute atomic E-state index is 13.0. The summed E-state index contributed by atoms with van der Waals surface area (Å²) in [5.74, 6) is -9.44. The van der Waals surface area contributed by atoms with Gasteiger partial charge in [0.05, 0.1) is 0 Å². The third-order valence-electron chi connectivity index (χ3n) is 9.89. The molecule has 2 aliphatic heterocycles. The van der Waals surface area contributed by atoms with Gasteiger partial charge in [0.15, 0.2) is 6.10 Å². The monoisotopic (exact) mass is 721 g/mol. The number of esters is 1. The molecule has 2 fully saturated rings. The molecule has 2 aliphatic rings. The third-order valence-corrected chi connectivity index (χ3v) is 9.89. The number of aliphatic hydroxyl groups is 2. The average Bonchev–Trinajstić information content (AvgIpc) is 3.28. The number of aliphatic carboxylic acids is 3. The fourth-order valence-corrected chi connectivity index (χ4v) is 7.07. The number of amides is 1. The number of fused-ring (bicyclic) bond motifs is 2. The Morgan fingerprint density at radius 1 is 1.02 bits per heavy atom. The zero-order valence-electron chi connectivity index (χ0n) is 29.7. The van der Waals surface area contributed by atoms with Crippen LogP contribution in [0.25, 0.3) is 0 Å². The van der Waals surface area contributed by atoms with E-state index in [0.29, 0.717) is 24.7 Å². The van der Waals surface area contributed by atoms with Gasteiger partial charge in [0.1, 0.15) is 12.2 Å². The van der Waals surface area contributed by atoms with Gasteiger partial charge in [-0.3, -0.25) is 4.79 Å². The Kier molecular flexibility index (Phi) is 13.8. The fourth-order valence-electron chi connectivity index (χ4n) is 7.07. The Hall–Kier alpha value is -4.05. The summed E-state index contributed by atoms with van der Waals surface area (Å²) in [6.07, 6.45) is -6.89. The number of carbonyl (C=O) groups excluding carboxylic acids is 2. The Morgan fingerprint density at radius 2 is 1.67 bits per heavy atom. The number of hydrogen-bond acceptors (Lipinski definition) is 11. The van der Waals surface area contributed by atoms with E-state index in [4.69, 9.17) is 18.9 Å². The topological polar surface area (TPSA) is 235 Å². The summed E-state index contributed by atoms with van der Waals surface area (Å²) in [5, 5.41) is 56.1. The molecule has 1 aromatic rings. The minimum absolute atomic E-state index is 0.0779. The van der Waals surface area contributed by atoms with E-state index < -0.39 is 77.8 Å². The molecule has 15 heteroatoms. The molecule has 0 saturated carbocycles. The molecular weight excluding hydrogens is 670 g/mol. The SMILES string of the molecule is C=C(CC[C@@]12O[C@H](C(=O)O)[C@@](O)(C(=O)O)[C@@](C(=O)O)(O1)[C@H](OC(=O)NCCC[C@@H](C)C[C@@H](C)CC)[C@H]2O)C(OC(C)=O)C(C)Cc1ccccc1. The Morgan fingerprint density at radius 3 is 2.22 bits per heavy atom. The summed E-state index contributed by atoms with van der Waals surface area (Å²) in [7, 11) is 0. The number of alkyl carbamates (subject to hydrolysis) is 1. The van der Waals surface area contributed by atoms with E-state index in [2.05, 4.69) is 32.7 Å². The van der Waals surface area contributed by atoms with Crippen molar-refractivity contribution in [3.8, 4) is 0 Å². The van der Waals surface area contributed by atoms with E-state index in [1.54, 1.807) is 6.92 Å². The second-order valence-electron chi connectivity index (χ2n) is 13.9. The Balaban J connectivity index is 1.92. The molecule has 51 heavy (non-hydrogen) atoms. The van der Waals surface area contributed by atoms with Gasteiger partial charge in [-0.25, -0.2) is 19.2 Å². The van der Waals surface area contributed by atoms with Gasteiger partial charge in [0.2, 0.25) is 17.5 Å². The standard InChI is InChI=1S/C36H51NO14/c1-7-20(2)18-21(3)12-11-17-37-33(46)49-28-27(39)34(50-29(30(40)41)35(47,31(42)43)36(28,51-34)32(44)45)16-15-22(4)26(48-24(6)38)23(5)19-25-13-9-8-10-14-25/h8-10,13-14,20-21,23,26-29,39,47H,4,7,11-12,15-19H2,1-3,5-6H3,(H,37,46)(H,40,41)(H,42,43)(H,44,45)/t20-,21+,23?,26?,27+,28+,29+,34+,35+,36+/m0/s1. The Labute approximate surface area is 296 Å². The number of ether oxygens (including phenoxy) is 4. The quantitative estimate of drug-likeness (QED) is 0.0684. The molecule has 2 bridgehead atoms. The predicted molar refractivity (Wildman–Crippen MR) is 179 cm³/mol. The van der Waals surface area contributed by atoms with Crippen molar-refractivity contribution in [1.29, 1.82) is 0 Å². The van der Waals surface area contributed by atoms with Crippen LogP contribution in [0.15, 0.2) is 42.5 Å². The first-order chi connectivity index (χ1) is 23.9. The number of benzene rings is 1. The van der Waals surface area contributed by atoms with E-state index in [-0.39, 0.29) is 24.5 Å². The van der Waals surface area contributed by atoms with Crippen LogP contribution in [-0.2, 0) is 44.5 Å². The fraction of sp³-hybridized carbons (Fsp3) is 0.639. The van der Waals surface area contributed by atoms with Crippen LogP contribution in [0.2, 0.25) is 0 Å². The van der Waals surface area contributed by atoms with Gasteiger partial charge in [0.25, 0.3) is 5.60 Å². The molecule has 2 saturated heterocycles. The van der Waals surface area contributed by atoms with Gasteiger partial charge in [-0.2, -0.15) is 0 Å². The van der Waals surface area contributed by atoms with Crippen LogP contribution in [-0.4, -0.2) is 103 Å². The van der Waals surface area contributed by atoms with E-state index >= 15 is 0 Å². The van der Waals surface area contributed by atoms with Crippen LogP contribution in [0.5, 0.6) is 0 Å². The zero-order valence-corrected chi connectivity index (χ0v) is 29.7. The summed E-state index contributed by atoms with van der Waals surface area (Å²) >= 11 is 0. The number of nitrogens with one attached hydrogen (secondary N) is 1. The normalized spacial score (nSPS) is 29.2.